The van der Waals surface area contributed by atoms with E-state index in [-0.39, 0.29) is 19.0 Å². The molecule has 1 heterocycles. The largest absolute Gasteiger partial charge is 0.493 e. The molecule has 1 unspecified atom stereocenters. The molecule has 6 nitrogen and oxygen atoms in total. The van der Waals surface area contributed by atoms with Crippen LogP contribution < -0.4 is 9.47 Å². The minimum Gasteiger partial charge on any atom is -0.493 e. The molecular weight excluding hydrogens is 389 g/mol. The normalized spacial score (nSPS) is 12.0. The summed E-state index contributed by atoms with van der Waals surface area (Å²) in [5.74, 6) is 1.25. The Balaban J connectivity index is 1.64. The number of furan rings is 1. The topological polar surface area (TPSA) is 72.1 Å². The second-order valence-electron chi connectivity index (χ2n) is 6.83. The first-order chi connectivity index (χ1) is 14.6. The number of aliphatic hydroxyl groups excluding tert-OH is 1. The molecule has 0 spiro atoms. The van der Waals surface area contributed by atoms with E-state index >= 15 is 0 Å². The van der Waals surface area contributed by atoms with Gasteiger partial charge in [0.1, 0.15) is 30.6 Å². The Kier molecular flexibility index (Phi) is 7.59. The number of aldehydes is 1. The lowest BCUT2D eigenvalue weighted by atomic mass is 10.2. The molecule has 1 N–H and O–H groups in total. The zero-order chi connectivity index (χ0) is 21.3. The van der Waals surface area contributed by atoms with Crippen LogP contribution in [-0.4, -0.2) is 42.7 Å². The molecule has 158 valence electrons. The summed E-state index contributed by atoms with van der Waals surface area (Å²) in [5, 5.41) is 10.5. The number of hydrogen-bond acceptors (Lipinski definition) is 6. The standard InChI is InChI=1S/C23H24FNO5/c1-28-23-11-17(15-26)8-9-22(23)30-16-19(27)13-25(14-20-6-4-10-29-20)12-18-5-2-3-7-21(18)24/h2-11,15,19,27H,12-14,16H2,1H3. The number of aliphatic hydroxyl groups is 1. The van der Waals surface area contributed by atoms with Gasteiger partial charge in [-0.2, -0.15) is 0 Å². The van der Waals surface area contributed by atoms with Crippen LogP contribution in [0.15, 0.2) is 65.3 Å². The average molecular weight is 413 g/mol. The van der Waals surface area contributed by atoms with Gasteiger partial charge in [0, 0.05) is 24.2 Å². The van der Waals surface area contributed by atoms with Crippen molar-refractivity contribution in [3.63, 3.8) is 0 Å². The van der Waals surface area contributed by atoms with E-state index in [1.165, 1.54) is 13.2 Å². The molecule has 3 aromatic rings. The third-order valence-corrected chi connectivity index (χ3v) is 4.54. The number of hydrogen-bond donors (Lipinski definition) is 1. The molecule has 1 aromatic heterocycles. The minimum atomic E-state index is -0.845. The Morgan fingerprint density at radius 3 is 2.67 bits per heavy atom. The summed E-state index contributed by atoms with van der Waals surface area (Å²) in [6.07, 6.45) is 1.45. The van der Waals surface area contributed by atoms with Crippen molar-refractivity contribution >= 4 is 6.29 Å². The number of ether oxygens (including phenoxy) is 2. The fourth-order valence-electron chi connectivity index (χ4n) is 3.09. The molecule has 0 saturated carbocycles. The third-order valence-electron chi connectivity index (χ3n) is 4.54. The number of halogens is 1. The van der Waals surface area contributed by atoms with Gasteiger partial charge in [0.05, 0.1) is 19.9 Å². The molecule has 0 aliphatic carbocycles. The van der Waals surface area contributed by atoms with E-state index in [4.69, 9.17) is 13.9 Å². The van der Waals surface area contributed by atoms with Crippen LogP contribution in [0.4, 0.5) is 4.39 Å². The Labute approximate surface area is 174 Å². The van der Waals surface area contributed by atoms with Gasteiger partial charge in [-0.1, -0.05) is 18.2 Å². The number of carbonyl (C=O) groups excluding carboxylic acids is 1. The summed E-state index contributed by atoms with van der Waals surface area (Å²) in [4.78, 5) is 12.8. The summed E-state index contributed by atoms with van der Waals surface area (Å²) < 4.78 is 30.4. The summed E-state index contributed by atoms with van der Waals surface area (Å²) in [7, 11) is 1.48. The Morgan fingerprint density at radius 2 is 1.97 bits per heavy atom. The van der Waals surface area contributed by atoms with Crippen LogP contribution in [0.5, 0.6) is 11.5 Å². The number of methoxy groups -OCH3 is 1. The maximum Gasteiger partial charge on any atom is 0.161 e. The van der Waals surface area contributed by atoms with Crippen LogP contribution in [0, 0.1) is 5.82 Å². The van der Waals surface area contributed by atoms with Crippen molar-refractivity contribution in [2.75, 3.05) is 20.3 Å². The third kappa shape index (κ3) is 5.92. The molecule has 0 aliphatic rings. The molecule has 0 fully saturated rings. The van der Waals surface area contributed by atoms with Gasteiger partial charge in [0.25, 0.3) is 0 Å². The monoisotopic (exact) mass is 413 g/mol. The lowest BCUT2D eigenvalue weighted by Gasteiger charge is -2.25. The van der Waals surface area contributed by atoms with Crippen LogP contribution in [-0.2, 0) is 13.1 Å². The fourth-order valence-corrected chi connectivity index (χ4v) is 3.09. The van der Waals surface area contributed by atoms with Crippen molar-refractivity contribution in [3.05, 3.63) is 83.6 Å². The Hall–Kier alpha value is -3.16. The van der Waals surface area contributed by atoms with Crippen molar-refractivity contribution in [1.82, 2.24) is 4.90 Å². The molecule has 1 atom stereocenters. The first-order valence-electron chi connectivity index (χ1n) is 9.51. The fraction of sp³-hybridized carbons (Fsp3) is 0.261. The number of nitrogens with zero attached hydrogens (tertiary/aromatic N) is 1. The summed E-state index contributed by atoms with van der Waals surface area (Å²) in [6, 6.07) is 15.0. The van der Waals surface area contributed by atoms with E-state index in [0.29, 0.717) is 41.5 Å². The zero-order valence-corrected chi connectivity index (χ0v) is 16.7. The van der Waals surface area contributed by atoms with Crippen LogP contribution >= 0.6 is 0 Å². The van der Waals surface area contributed by atoms with Gasteiger partial charge in [0.2, 0.25) is 0 Å². The lowest BCUT2D eigenvalue weighted by molar-refractivity contribution is 0.0592. The highest BCUT2D eigenvalue weighted by molar-refractivity contribution is 5.76. The number of carbonyl (C=O) groups is 1. The highest BCUT2D eigenvalue weighted by Gasteiger charge is 2.17. The summed E-state index contributed by atoms with van der Waals surface area (Å²) in [6.45, 7) is 0.962. The maximum atomic E-state index is 14.1. The van der Waals surface area contributed by atoms with Gasteiger partial charge in [-0.3, -0.25) is 9.69 Å². The predicted octanol–water partition coefficient (Wildman–Crippen LogP) is 3.68. The smallest absolute Gasteiger partial charge is 0.161 e. The first kappa shape index (κ1) is 21.5. The van der Waals surface area contributed by atoms with Crippen molar-refractivity contribution in [2.24, 2.45) is 0 Å². The van der Waals surface area contributed by atoms with E-state index in [9.17, 15) is 14.3 Å². The zero-order valence-electron chi connectivity index (χ0n) is 16.7. The van der Waals surface area contributed by atoms with Crippen LogP contribution in [0.3, 0.4) is 0 Å². The lowest BCUT2D eigenvalue weighted by Crippen LogP contribution is -2.35. The van der Waals surface area contributed by atoms with Crippen molar-refractivity contribution in [2.45, 2.75) is 19.2 Å². The highest BCUT2D eigenvalue weighted by atomic mass is 19.1. The molecule has 0 bridgehead atoms. The molecule has 3 rings (SSSR count). The molecule has 0 saturated heterocycles. The Bertz CT molecular complexity index is 945. The van der Waals surface area contributed by atoms with Crippen molar-refractivity contribution in [1.29, 1.82) is 0 Å². The van der Waals surface area contributed by atoms with E-state index in [2.05, 4.69) is 0 Å². The first-order valence-corrected chi connectivity index (χ1v) is 9.51. The van der Waals surface area contributed by atoms with Crippen LogP contribution in [0.2, 0.25) is 0 Å². The highest BCUT2D eigenvalue weighted by Crippen LogP contribution is 2.27. The van der Waals surface area contributed by atoms with Gasteiger partial charge in [-0.25, -0.2) is 4.39 Å². The molecule has 0 amide bonds. The maximum absolute atomic E-state index is 14.1. The second kappa shape index (κ2) is 10.6. The van der Waals surface area contributed by atoms with Crippen molar-refractivity contribution < 1.29 is 28.2 Å². The summed E-state index contributed by atoms with van der Waals surface area (Å²) >= 11 is 0. The Morgan fingerprint density at radius 1 is 1.13 bits per heavy atom. The van der Waals surface area contributed by atoms with Gasteiger partial charge in [-0.05, 0) is 36.4 Å². The number of benzene rings is 2. The molecule has 0 aliphatic heterocycles. The molecule has 2 aromatic carbocycles. The molecule has 0 radical (unpaired) electrons. The second-order valence-corrected chi connectivity index (χ2v) is 6.83. The molecule has 30 heavy (non-hydrogen) atoms. The van der Waals surface area contributed by atoms with E-state index < -0.39 is 6.10 Å². The average Bonchev–Trinajstić information content (AvgIpc) is 3.26. The van der Waals surface area contributed by atoms with E-state index in [0.717, 1.165) is 6.29 Å². The SMILES string of the molecule is COc1cc(C=O)ccc1OCC(O)CN(Cc1ccco1)Cc1ccccc1F. The number of rotatable bonds is 11. The van der Waals surface area contributed by atoms with Crippen molar-refractivity contribution in [3.8, 4) is 11.5 Å². The quantitative estimate of drug-likeness (QED) is 0.484. The van der Waals surface area contributed by atoms with Gasteiger partial charge < -0.3 is 19.0 Å². The van der Waals surface area contributed by atoms with Crippen LogP contribution in [0.1, 0.15) is 21.7 Å². The molecular formula is C23H24FNO5. The van der Waals surface area contributed by atoms with Gasteiger partial charge in [0.15, 0.2) is 11.5 Å². The van der Waals surface area contributed by atoms with Gasteiger partial charge >= 0.3 is 0 Å². The van der Waals surface area contributed by atoms with E-state index in [1.807, 2.05) is 11.0 Å². The molecule has 7 heteroatoms. The summed E-state index contributed by atoms with van der Waals surface area (Å²) in [5.41, 5.74) is 0.998. The van der Waals surface area contributed by atoms with Crippen LogP contribution in [0.25, 0.3) is 0 Å². The van der Waals surface area contributed by atoms with E-state index in [1.54, 1.807) is 48.7 Å². The minimum absolute atomic E-state index is 0.00270. The van der Waals surface area contributed by atoms with Gasteiger partial charge in [-0.15, -0.1) is 0 Å². The predicted molar refractivity (Wildman–Crippen MR) is 109 cm³/mol.